The van der Waals surface area contributed by atoms with E-state index in [1.165, 1.54) is 12.8 Å². The summed E-state index contributed by atoms with van der Waals surface area (Å²) in [5, 5.41) is 0. The normalized spacial score (nSPS) is 16.4. The topological polar surface area (TPSA) is 67.3 Å². The second kappa shape index (κ2) is 5.76. The van der Waals surface area contributed by atoms with E-state index in [1.807, 2.05) is 30.3 Å². The SMILES string of the molecule is O=C(c1ccc2c(c1)[nH]c(=O)n2CC1CC1)N1CCOc2ccccc21. The molecule has 2 heterocycles. The number of ether oxygens (including phenoxy) is 1. The molecule has 0 atom stereocenters. The van der Waals surface area contributed by atoms with Gasteiger partial charge in [0.1, 0.15) is 12.4 Å². The summed E-state index contributed by atoms with van der Waals surface area (Å²) in [6.45, 7) is 1.73. The molecule has 132 valence electrons. The summed E-state index contributed by atoms with van der Waals surface area (Å²) >= 11 is 0. The highest BCUT2D eigenvalue weighted by Gasteiger charge is 2.26. The Kier molecular flexibility index (Phi) is 3.38. The molecule has 0 spiro atoms. The molecule has 1 aromatic heterocycles. The predicted molar refractivity (Wildman–Crippen MR) is 98.9 cm³/mol. The summed E-state index contributed by atoms with van der Waals surface area (Å²) < 4.78 is 7.41. The molecule has 1 aliphatic carbocycles. The van der Waals surface area contributed by atoms with Crippen molar-refractivity contribution >= 4 is 22.6 Å². The Bertz CT molecular complexity index is 1060. The van der Waals surface area contributed by atoms with Crippen LogP contribution in [0.5, 0.6) is 5.75 Å². The molecule has 2 aromatic carbocycles. The van der Waals surface area contributed by atoms with E-state index >= 15 is 0 Å². The fourth-order valence-electron chi connectivity index (χ4n) is 3.57. The number of anilines is 1. The zero-order valence-electron chi connectivity index (χ0n) is 14.3. The van der Waals surface area contributed by atoms with Gasteiger partial charge in [-0.2, -0.15) is 0 Å². The Hall–Kier alpha value is -3.02. The van der Waals surface area contributed by atoms with E-state index in [0.29, 0.717) is 30.1 Å². The molecular weight excluding hydrogens is 330 g/mol. The van der Waals surface area contributed by atoms with E-state index in [0.717, 1.165) is 23.5 Å². The summed E-state index contributed by atoms with van der Waals surface area (Å²) in [7, 11) is 0. The second-order valence-electron chi connectivity index (χ2n) is 6.99. The number of hydrogen-bond acceptors (Lipinski definition) is 3. The first-order chi connectivity index (χ1) is 12.7. The fraction of sp³-hybridized carbons (Fsp3) is 0.300. The number of nitrogens with zero attached hydrogens (tertiary/aromatic N) is 2. The minimum absolute atomic E-state index is 0.0848. The van der Waals surface area contributed by atoms with Crippen molar-refractivity contribution in [2.75, 3.05) is 18.1 Å². The maximum Gasteiger partial charge on any atom is 0.326 e. The number of imidazole rings is 1. The molecule has 0 bridgehead atoms. The second-order valence-corrected chi connectivity index (χ2v) is 6.99. The van der Waals surface area contributed by atoms with Crippen molar-refractivity contribution in [2.24, 2.45) is 5.92 Å². The molecule has 1 amide bonds. The predicted octanol–water partition coefficient (Wildman–Crippen LogP) is 2.78. The lowest BCUT2D eigenvalue weighted by molar-refractivity contribution is 0.0976. The van der Waals surface area contributed by atoms with Gasteiger partial charge in [-0.3, -0.25) is 9.36 Å². The van der Waals surface area contributed by atoms with Gasteiger partial charge in [-0.25, -0.2) is 4.79 Å². The molecule has 2 aliphatic rings. The third-order valence-electron chi connectivity index (χ3n) is 5.13. The molecule has 1 aliphatic heterocycles. The number of para-hydroxylation sites is 2. The first-order valence-corrected chi connectivity index (χ1v) is 8.97. The van der Waals surface area contributed by atoms with Crippen LogP contribution in [0, 0.1) is 5.92 Å². The zero-order chi connectivity index (χ0) is 17.7. The lowest BCUT2D eigenvalue weighted by Crippen LogP contribution is -2.37. The van der Waals surface area contributed by atoms with E-state index in [2.05, 4.69) is 4.98 Å². The quantitative estimate of drug-likeness (QED) is 0.791. The lowest BCUT2D eigenvalue weighted by Gasteiger charge is -2.29. The van der Waals surface area contributed by atoms with E-state index in [1.54, 1.807) is 21.6 Å². The Balaban J connectivity index is 1.51. The zero-order valence-corrected chi connectivity index (χ0v) is 14.3. The van der Waals surface area contributed by atoms with Gasteiger partial charge in [0.15, 0.2) is 0 Å². The van der Waals surface area contributed by atoms with Gasteiger partial charge in [0.25, 0.3) is 5.91 Å². The molecule has 6 heteroatoms. The van der Waals surface area contributed by atoms with Crippen molar-refractivity contribution < 1.29 is 9.53 Å². The number of rotatable bonds is 3. The van der Waals surface area contributed by atoms with E-state index < -0.39 is 0 Å². The number of nitrogens with one attached hydrogen (secondary N) is 1. The average Bonchev–Trinajstić information content (AvgIpc) is 3.44. The van der Waals surface area contributed by atoms with Crippen LogP contribution in [-0.2, 0) is 6.54 Å². The molecule has 1 saturated carbocycles. The summed E-state index contributed by atoms with van der Waals surface area (Å²) in [6.07, 6.45) is 2.37. The van der Waals surface area contributed by atoms with Gasteiger partial charge < -0.3 is 14.6 Å². The van der Waals surface area contributed by atoms with Crippen LogP contribution >= 0.6 is 0 Å². The molecule has 5 rings (SSSR count). The van der Waals surface area contributed by atoms with Gasteiger partial charge in [0.2, 0.25) is 0 Å². The molecule has 1 N–H and O–H groups in total. The fourth-order valence-corrected chi connectivity index (χ4v) is 3.57. The minimum Gasteiger partial charge on any atom is -0.490 e. The summed E-state index contributed by atoms with van der Waals surface area (Å²) in [5.74, 6) is 1.24. The molecule has 0 radical (unpaired) electrons. The first kappa shape index (κ1) is 15.3. The number of hydrogen-bond donors (Lipinski definition) is 1. The molecule has 1 fully saturated rings. The summed E-state index contributed by atoms with van der Waals surface area (Å²) in [5.41, 5.74) is 2.81. The Morgan fingerprint density at radius 1 is 1.19 bits per heavy atom. The first-order valence-electron chi connectivity index (χ1n) is 8.97. The molecule has 6 nitrogen and oxygen atoms in total. The number of amides is 1. The van der Waals surface area contributed by atoms with E-state index in [9.17, 15) is 9.59 Å². The van der Waals surface area contributed by atoms with Gasteiger partial charge in [0.05, 0.1) is 23.3 Å². The molecule has 0 unspecified atom stereocenters. The Morgan fingerprint density at radius 2 is 2.04 bits per heavy atom. The molecule has 0 saturated heterocycles. The molecule has 3 aromatic rings. The van der Waals surface area contributed by atoms with Crippen molar-refractivity contribution in [3.8, 4) is 5.75 Å². The lowest BCUT2D eigenvalue weighted by atomic mass is 10.1. The highest BCUT2D eigenvalue weighted by Crippen LogP contribution is 2.33. The average molecular weight is 349 g/mol. The van der Waals surface area contributed by atoms with E-state index in [-0.39, 0.29) is 11.6 Å². The number of fused-ring (bicyclic) bond motifs is 2. The Labute approximate surface area is 150 Å². The molecule has 26 heavy (non-hydrogen) atoms. The van der Waals surface area contributed by atoms with Crippen LogP contribution in [-0.4, -0.2) is 28.6 Å². The smallest absolute Gasteiger partial charge is 0.326 e. The van der Waals surface area contributed by atoms with Crippen molar-refractivity contribution in [1.29, 1.82) is 0 Å². The highest BCUT2D eigenvalue weighted by atomic mass is 16.5. The van der Waals surface area contributed by atoms with Gasteiger partial charge in [0, 0.05) is 12.1 Å². The standard InChI is InChI=1S/C20H19N3O3/c24-19(22-9-10-26-18-4-2-1-3-17(18)22)14-7-8-16-15(11-14)21-20(25)23(16)12-13-5-6-13/h1-4,7-8,11,13H,5-6,9-10,12H2,(H,21,25). The number of carbonyl (C=O) groups is 1. The number of benzene rings is 2. The minimum atomic E-state index is -0.104. The van der Waals surface area contributed by atoms with Crippen LogP contribution < -0.4 is 15.3 Å². The maximum atomic E-state index is 13.1. The Morgan fingerprint density at radius 3 is 2.88 bits per heavy atom. The van der Waals surface area contributed by atoms with Crippen molar-refractivity contribution in [3.05, 3.63) is 58.5 Å². The van der Waals surface area contributed by atoms with Crippen LogP contribution in [0.25, 0.3) is 11.0 Å². The van der Waals surface area contributed by atoms with Gasteiger partial charge in [-0.15, -0.1) is 0 Å². The van der Waals surface area contributed by atoms with Crippen LogP contribution in [0.3, 0.4) is 0 Å². The van der Waals surface area contributed by atoms with Crippen LogP contribution in [0.4, 0.5) is 5.69 Å². The molecular formula is C20H19N3O3. The number of aromatic nitrogens is 2. The van der Waals surface area contributed by atoms with Gasteiger partial charge in [-0.05, 0) is 49.1 Å². The summed E-state index contributed by atoms with van der Waals surface area (Å²) in [6, 6.07) is 13.0. The van der Waals surface area contributed by atoms with Crippen LogP contribution in [0.15, 0.2) is 47.3 Å². The number of carbonyl (C=O) groups excluding carboxylic acids is 1. The number of H-pyrrole nitrogens is 1. The van der Waals surface area contributed by atoms with Gasteiger partial charge >= 0.3 is 5.69 Å². The highest BCUT2D eigenvalue weighted by molar-refractivity contribution is 6.08. The third-order valence-corrected chi connectivity index (χ3v) is 5.13. The summed E-state index contributed by atoms with van der Waals surface area (Å²) in [4.78, 5) is 29.9. The van der Waals surface area contributed by atoms with Crippen molar-refractivity contribution in [3.63, 3.8) is 0 Å². The van der Waals surface area contributed by atoms with Gasteiger partial charge in [-0.1, -0.05) is 12.1 Å². The van der Waals surface area contributed by atoms with Crippen molar-refractivity contribution in [1.82, 2.24) is 9.55 Å². The maximum absolute atomic E-state index is 13.1. The van der Waals surface area contributed by atoms with Crippen LogP contribution in [0.1, 0.15) is 23.2 Å². The monoisotopic (exact) mass is 349 g/mol. The van der Waals surface area contributed by atoms with Crippen LogP contribution in [0.2, 0.25) is 0 Å². The largest absolute Gasteiger partial charge is 0.490 e. The third kappa shape index (κ3) is 2.49. The number of aromatic amines is 1. The van der Waals surface area contributed by atoms with E-state index in [4.69, 9.17) is 4.74 Å². The van der Waals surface area contributed by atoms with Crippen molar-refractivity contribution in [2.45, 2.75) is 19.4 Å².